The summed E-state index contributed by atoms with van der Waals surface area (Å²) in [4.78, 5) is 68.7. The third kappa shape index (κ3) is 8.78. The highest BCUT2D eigenvalue weighted by molar-refractivity contribution is 8.13. The van der Waals surface area contributed by atoms with E-state index >= 15 is 0 Å². The number of thioether (sulfide) groups is 1. The highest BCUT2D eigenvalue weighted by Crippen LogP contribution is 2.26. The van der Waals surface area contributed by atoms with Gasteiger partial charge in [-0.25, -0.2) is 14.6 Å². The number of pyridine rings is 1. The van der Waals surface area contributed by atoms with Crippen LogP contribution in [0.1, 0.15) is 55.7 Å². The van der Waals surface area contributed by atoms with Crippen molar-refractivity contribution in [3.63, 3.8) is 0 Å². The van der Waals surface area contributed by atoms with E-state index in [2.05, 4.69) is 10.3 Å². The van der Waals surface area contributed by atoms with E-state index in [0.29, 0.717) is 11.3 Å². The maximum Gasteiger partial charge on any atom is 0.372 e. The number of cyclic esters (lactones) is 2. The molecule has 0 radical (unpaired) electrons. The number of amides is 1. The van der Waals surface area contributed by atoms with E-state index in [9.17, 15) is 24.0 Å². The van der Waals surface area contributed by atoms with Gasteiger partial charge in [-0.15, -0.1) is 0 Å². The van der Waals surface area contributed by atoms with Crippen molar-refractivity contribution >= 4 is 40.9 Å². The van der Waals surface area contributed by atoms with Crippen LogP contribution < -0.4 is 10.1 Å². The third-order valence-corrected chi connectivity index (χ3v) is 7.33. The number of nitrogens with one attached hydrogen (secondary N) is 1. The van der Waals surface area contributed by atoms with E-state index in [1.165, 1.54) is 13.1 Å². The largest absolute Gasteiger partial charge is 0.463 e. The molecule has 1 aromatic carbocycles. The van der Waals surface area contributed by atoms with Gasteiger partial charge in [0.1, 0.15) is 18.6 Å². The van der Waals surface area contributed by atoms with Crippen LogP contribution in [0.5, 0.6) is 5.75 Å². The predicted octanol–water partition coefficient (Wildman–Crippen LogP) is 4.05. The van der Waals surface area contributed by atoms with Gasteiger partial charge in [0, 0.05) is 11.9 Å². The number of benzene rings is 1. The summed E-state index contributed by atoms with van der Waals surface area (Å²) >= 11 is 0.963. The predicted molar refractivity (Wildman–Crippen MR) is 154 cm³/mol. The number of aromatic nitrogens is 1. The molecule has 1 N–H and O–H groups in total. The van der Waals surface area contributed by atoms with Gasteiger partial charge in [0.2, 0.25) is 0 Å². The fourth-order valence-electron chi connectivity index (χ4n) is 4.11. The molecule has 1 aliphatic rings. The molecule has 1 aromatic heterocycles. The Labute approximate surface area is 249 Å². The molecule has 0 bridgehead atoms. The molecule has 4 atom stereocenters. The Balaban J connectivity index is 1.86. The Kier molecular flexibility index (Phi) is 11.9. The number of rotatable bonds is 9. The molecule has 1 aliphatic heterocycles. The van der Waals surface area contributed by atoms with Crippen molar-refractivity contribution in [3.05, 3.63) is 59.4 Å². The highest BCUT2D eigenvalue weighted by Gasteiger charge is 2.42. The summed E-state index contributed by atoms with van der Waals surface area (Å²) in [6, 6.07) is 9.26. The van der Waals surface area contributed by atoms with Gasteiger partial charge in [-0.05, 0) is 55.6 Å². The van der Waals surface area contributed by atoms with Gasteiger partial charge in [-0.2, -0.15) is 0 Å². The Hall–Kier alpha value is -3.93. The van der Waals surface area contributed by atoms with Crippen molar-refractivity contribution in [1.82, 2.24) is 10.3 Å². The first-order chi connectivity index (χ1) is 20.0. The van der Waals surface area contributed by atoms with Crippen LogP contribution >= 0.6 is 11.8 Å². The standard InChI is InChI=1S/C30H36N2O9S/c1-6-14-42-30(37)41-24-18(4)12-13-31-23(24)26(33)32-22-16-38-28(35)21(15-20-10-8-7-9-11-20)25(19(5)39-29(22)36)40-27(34)17(2)3/h7-13,17,19,21-22,25H,6,14-16H2,1-5H3,(H,32,33)/t19-,21?,22?,25-/m0/s1. The second-order valence-electron chi connectivity index (χ2n) is 10.2. The molecule has 12 heteroatoms. The number of hydrogen-bond acceptors (Lipinski definition) is 11. The van der Waals surface area contributed by atoms with E-state index < -0.39 is 65.8 Å². The molecule has 2 aromatic rings. The van der Waals surface area contributed by atoms with Crippen molar-refractivity contribution in [1.29, 1.82) is 0 Å². The fourth-order valence-corrected chi connectivity index (χ4v) is 4.62. The summed E-state index contributed by atoms with van der Waals surface area (Å²) < 4.78 is 22.2. The van der Waals surface area contributed by atoms with Gasteiger partial charge in [0.25, 0.3) is 5.91 Å². The topological polar surface area (TPSA) is 147 Å². The lowest BCUT2D eigenvalue weighted by molar-refractivity contribution is -0.176. The van der Waals surface area contributed by atoms with Gasteiger partial charge in [-0.3, -0.25) is 14.4 Å². The zero-order valence-electron chi connectivity index (χ0n) is 24.3. The number of esters is 3. The maximum absolute atomic E-state index is 13.4. The average Bonchev–Trinajstić information content (AvgIpc) is 2.99. The molecule has 1 fully saturated rings. The summed E-state index contributed by atoms with van der Waals surface area (Å²) in [6.07, 6.45) is 0.0852. The molecule has 2 unspecified atom stereocenters. The summed E-state index contributed by atoms with van der Waals surface area (Å²) in [7, 11) is 0. The molecular weight excluding hydrogens is 564 g/mol. The second-order valence-corrected chi connectivity index (χ2v) is 11.2. The van der Waals surface area contributed by atoms with E-state index in [-0.39, 0.29) is 17.9 Å². The SMILES string of the molecule is CCCSC(=O)Oc1c(C)ccnc1C(=O)NC1COC(=O)C(Cc2ccccc2)[C@@H](OC(=O)C(C)C)[C@H](C)OC1=O. The number of ether oxygens (including phenoxy) is 4. The van der Waals surface area contributed by atoms with E-state index in [1.54, 1.807) is 26.8 Å². The van der Waals surface area contributed by atoms with Gasteiger partial charge in [-0.1, -0.05) is 51.1 Å². The van der Waals surface area contributed by atoms with Crippen LogP contribution in [-0.4, -0.2) is 64.7 Å². The summed E-state index contributed by atoms with van der Waals surface area (Å²) in [6.45, 7) is 7.83. The molecule has 1 amide bonds. The van der Waals surface area contributed by atoms with Crippen LogP contribution in [-0.2, 0) is 35.0 Å². The van der Waals surface area contributed by atoms with Crippen LogP contribution in [0.25, 0.3) is 0 Å². The van der Waals surface area contributed by atoms with Crippen molar-refractivity contribution in [2.75, 3.05) is 12.4 Å². The first-order valence-electron chi connectivity index (χ1n) is 13.7. The van der Waals surface area contributed by atoms with Gasteiger partial charge in [0.15, 0.2) is 23.6 Å². The molecule has 0 aliphatic carbocycles. The minimum Gasteiger partial charge on any atom is -0.463 e. The number of carbonyl (C=O) groups excluding carboxylic acids is 5. The molecule has 11 nitrogen and oxygen atoms in total. The third-order valence-electron chi connectivity index (χ3n) is 6.39. The average molecular weight is 601 g/mol. The van der Waals surface area contributed by atoms with Gasteiger partial charge in [0.05, 0.1) is 5.92 Å². The monoisotopic (exact) mass is 600 g/mol. The minimum atomic E-state index is -1.42. The molecule has 0 spiro atoms. The van der Waals surface area contributed by atoms with Crippen LogP contribution in [0, 0.1) is 18.8 Å². The Bertz CT molecular complexity index is 1280. The molecule has 2 heterocycles. The molecular formula is C30H36N2O9S. The lowest BCUT2D eigenvalue weighted by Crippen LogP contribution is -2.47. The van der Waals surface area contributed by atoms with Gasteiger partial charge >= 0.3 is 23.2 Å². The van der Waals surface area contributed by atoms with E-state index in [1.807, 2.05) is 37.3 Å². The highest BCUT2D eigenvalue weighted by atomic mass is 32.2. The van der Waals surface area contributed by atoms with Crippen LogP contribution in [0.3, 0.4) is 0 Å². The molecule has 1 saturated heterocycles. The molecule has 226 valence electrons. The smallest absolute Gasteiger partial charge is 0.372 e. The number of carbonyl (C=O) groups is 5. The molecule has 42 heavy (non-hydrogen) atoms. The Morgan fingerprint density at radius 3 is 2.50 bits per heavy atom. The number of nitrogens with zero attached hydrogens (tertiary/aromatic N) is 1. The zero-order valence-corrected chi connectivity index (χ0v) is 25.1. The van der Waals surface area contributed by atoms with Crippen LogP contribution in [0.4, 0.5) is 4.79 Å². The van der Waals surface area contributed by atoms with E-state index in [4.69, 9.17) is 18.9 Å². The first kappa shape index (κ1) is 32.6. The normalized spacial score (nSPS) is 20.8. The summed E-state index contributed by atoms with van der Waals surface area (Å²) in [5.74, 6) is -4.02. The quantitative estimate of drug-likeness (QED) is 0.328. The van der Waals surface area contributed by atoms with E-state index in [0.717, 1.165) is 23.7 Å². The zero-order chi connectivity index (χ0) is 30.8. The summed E-state index contributed by atoms with van der Waals surface area (Å²) in [5.41, 5.74) is 1.05. The van der Waals surface area contributed by atoms with Crippen molar-refractivity contribution in [2.24, 2.45) is 11.8 Å². The second kappa shape index (κ2) is 15.3. The number of hydrogen-bond donors (Lipinski definition) is 1. The lowest BCUT2D eigenvalue weighted by Gasteiger charge is -2.29. The van der Waals surface area contributed by atoms with Gasteiger partial charge < -0.3 is 24.3 Å². The molecule has 0 saturated carbocycles. The Morgan fingerprint density at radius 1 is 1.12 bits per heavy atom. The first-order valence-corrected chi connectivity index (χ1v) is 14.7. The summed E-state index contributed by atoms with van der Waals surface area (Å²) in [5, 5.41) is 1.89. The fraction of sp³-hybridized carbons (Fsp3) is 0.467. The van der Waals surface area contributed by atoms with Crippen molar-refractivity contribution in [3.8, 4) is 5.75 Å². The minimum absolute atomic E-state index is 0.0472. The maximum atomic E-state index is 13.4. The molecule has 3 rings (SSSR count). The van der Waals surface area contributed by atoms with Crippen molar-refractivity contribution in [2.45, 2.75) is 65.7 Å². The van der Waals surface area contributed by atoms with Crippen LogP contribution in [0.2, 0.25) is 0 Å². The lowest BCUT2D eigenvalue weighted by atomic mass is 9.91. The Morgan fingerprint density at radius 2 is 1.83 bits per heavy atom. The van der Waals surface area contributed by atoms with Crippen molar-refractivity contribution < 1.29 is 42.9 Å². The van der Waals surface area contributed by atoms with Crippen LogP contribution in [0.15, 0.2) is 42.6 Å². The number of aryl methyl sites for hydroxylation is 1.